The molecule has 0 aliphatic carbocycles. The third-order valence-electron chi connectivity index (χ3n) is 2.85. The first kappa shape index (κ1) is 16.9. The number of carboxylic acids is 1. The van der Waals surface area contributed by atoms with Crippen LogP contribution in [-0.4, -0.2) is 29.6 Å². The average molecular weight is 258 g/mol. The molecule has 0 saturated heterocycles. The van der Waals surface area contributed by atoms with Crippen molar-refractivity contribution in [3.05, 3.63) is 0 Å². The van der Waals surface area contributed by atoms with E-state index in [1.54, 1.807) is 0 Å². The summed E-state index contributed by atoms with van der Waals surface area (Å²) in [6, 6.07) is -0.533. The maximum absolute atomic E-state index is 11.7. The van der Waals surface area contributed by atoms with E-state index in [9.17, 15) is 9.59 Å². The quantitative estimate of drug-likeness (QED) is 0.610. The van der Waals surface area contributed by atoms with Gasteiger partial charge in [0.15, 0.2) is 0 Å². The highest BCUT2D eigenvalue weighted by atomic mass is 16.4. The van der Waals surface area contributed by atoms with Gasteiger partial charge in [-0.2, -0.15) is 0 Å². The molecule has 0 spiro atoms. The van der Waals surface area contributed by atoms with Crippen molar-refractivity contribution in [3.63, 3.8) is 0 Å². The summed E-state index contributed by atoms with van der Waals surface area (Å²) in [7, 11) is 0. The minimum absolute atomic E-state index is 0.0363. The second-order valence-corrected chi connectivity index (χ2v) is 5.61. The lowest BCUT2D eigenvalue weighted by molar-refractivity contribution is -0.138. The number of rotatable bonds is 8. The van der Waals surface area contributed by atoms with Gasteiger partial charge in [-0.1, -0.05) is 27.7 Å². The van der Waals surface area contributed by atoms with Crippen molar-refractivity contribution in [1.29, 1.82) is 0 Å². The lowest BCUT2D eigenvalue weighted by Crippen LogP contribution is -2.45. The molecule has 0 aliphatic heterocycles. The summed E-state index contributed by atoms with van der Waals surface area (Å²) in [5.41, 5.74) is 5.72. The molecule has 4 N–H and O–H groups in total. The molecule has 1 amide bonds. The first-order chi connectivity index (χ1) is 8.23. The van der Waals surface area contributed by atoms with Gasteiger partial charge in [-0.3, -0.25) is 9.59 Å². The van der Waals surface area contributed by atoms with Crippen molar-refractivity contribution in [2.75, 3.05) is 6.54 Å². The fourth-order valence-corrected chi connectivity index (χ4v) is 1.82. The van der Waals surface area contributed by atoms with Gasteiger partial charge in [0.05, 0.1) is 6.04 Å². The Hall–Kier alpha value is -1.10. The Kier molecular flexibility index (Phi) is 7.59. The summed E-state index contributed by atoms with van der Waals surface area (Å²) in [6.45, 7) is 8.22. The number of aliphatic carboxylic acids is 1. The molecule has 18 heavy (non-hydrogen) atoms. The second-order valence-electron chi connectivity index (χ2n) is 5.61. The van der Waals surface area contributed by atoms with Gasteiger partial charge in [0.25, 0.3) is 0 Å². The number of carboxylic acid groups (broad SMARTS) is 1. The van der Waals surface area contributed by atoms with Crippen LogP contribution in [0.1, 0.15) is 40.5 Å². The summed E-state index contributed by atoms with van der Waals surface area (Å²) in [6.07, 6.45) is 0.860. The van der Waals surface area contributed by atoms with Crippen LogP contribution in [0, 0.1) is 17.8 Å². The first-order valence-corrected chi connectivity index (χ1v) is 6.49. The summed E-state index contributed by atoms with van der Waals surface area (Å²) >= 11 is 0. The van der Waals surface area contributed by atoms with Gasteiger partial charge in [0, 0.05) is 13.0 Å². The topological polar surface area (TPSA) is 92.4 Å². The van der Waals surface area contributed by atoms with Crippen molar-refractivity contribution in [2.45, 2.75) is 46.6 Å². The summed E-state index contributed by atoms with van der Waals surface area (Å²) in [5.74, 6) is -0.587. The molecule has 0 rings (SSSR count). The predicted molar refractivity (Wildman–Crippen MR) is 71.0 cm³/mol. The maximum atomic E-state index is 11.7. The lowest BCUT2D eigenvalue weighted by Gasteiger charge is -2.20. The van der Waals surface area contributed by atoms with Gasteiger partial charge in [-0.15, -0.1) is 0 Å². The van der Waals surface area contributed by atoms with E-state index in [0.29, 0.717) is 12.5 Å². The fraction of sp³-hybridized carbons (Fsp3) is 0.846. The standard InChI is InChI=1S/C13H26N2O3/c1-8(2)5-10(6-11(16)17)7-15-13(18)12(14)9(3)4/h8-10,12H,5-7,14H2,1-4H3,(H,15,18)(H,16,17)/t10-,12-/m1/s1. The first-order valence-electron chi connectivity index (χ1n) is 6.49. The van der Waals surface area contributed by atoms with Gasteiger partial charge in [0.2, 0.25) is 5.91 Å². The third kappa shape index (κ3) is 7.27. The van der Waals surface area contributed by atoms with Gasteiger partial charge in [-0.05, 0) is 24.2 Å². The number of hydrogen-bond acceptors (Lipinski definition) is 3. The van der Waals surface area contributed by atoms with Crippen LogP contribution in [0.3, 0.4) is 0 Å². The number of hydrogen-bond donors (Lipinski definition) is 3. The SMILES string of the molecule is CC(C)C[C@@H](CNC(=O)[C@H](N)C(C)C)CC(=O)O. The van der Waals surface area contributed by atoms with Crippen LogP contribution in [0.2, 0.25) is 0 Å². The number of amides is 1. The van der Waals surface area contributed by atoms with Crippen LogP contribution in [0.15, 0.2) is 0 Å². The van der Waals surface area contributed by atoms with Gasteiger partial charge in [0.1, 0.15) is 0 Å². The molecule has 0 aromatic rings. The van der Waals surface area contributed by atoms with E-state index in [2.05, 4.69) is 5.32 Å². The Morgan fingerprint density at radius 1 is 1.22 bits per heavy atom. The van der Waals surface area contributed by atoms with Gasteiger partial charge >= 0.3 is 5.97 Å². The number of nitrogens with one attached hydrogen (secondary N) is 1. The normalized spacial score (nSPS) is 14.6. The highest BCUT2D eigenvalue weighted by molar-refractivity contribution is 5.81. The van der Waals surface area contributed by atoms with Crippen LogP contribution in [0.5, 0.6) is 0 Å². The molecule has 0 aliphatic rings. The molecule has 0 unspecified atom stereocenters. The molecule has 0 radical (unpaired) electrons. The van der Waals surface area contributed by atoms with Crippen molar-refractivity contribution in [2.24, 2.45) is 23.5 Å². The molecule has 0 heterocycles. The van der Waals surface area contributed by atoms with Crippen LogP contribution in [-0.2, 0) is 9.59 Å². The summed E-state index contributed by atoms with van der Waals surface area (Å²) in [5, 5.41) is 11.6. The van der Waals surface area contributed by atoms with Crippen LogP contribution in [0.25, 0.3) is 0 Å². The zero-order valence-corrected chi connectivity index (χ0v) is 11.8. The molecule has 0 aromatic carbocycles. The van der Waals surface area contributed by atoms with Crippen molar-refractivity contribution in [3.8, 4) is 0 Å². The average Bonchev–Trinajstić information content (AvgIpc) is 2.22. The molecule has 0 fully saturated rings. The third-order valence-corrected chi connectivity index (χ3v) is 2.85. The number of carbonyl (C=O) groups excluding carboxylic acids is 1. The Morgan fingerprint density at radius 2 is 1.78 bits per heavy atom. The molecular weight excluding hydrogens is 232 g/mol. The number of carbonyl (C=O) groups is 2. The van der Waals surface area contributed by atoms with E-state index in [1.165, 1.54) is 0 Å². The highest BCUT2D eigenvalue weighted by Crippen LogP contribution is 2.14. The Labute approximate surface area is 109 Å². The molecule has 106 valence electrons. The van der Waals surface area contributed by atoms with E-state index in [4.69, 9.17) is 10.8 Å². The maximum Gasteiger partial charge on any atom is 0.303 e. The summed E-state index contributed by atoms with van der Waals surface area (Å²) in [4.78, 5) is 22.4. The van der Waals surface area contributed by atoms with Crippen LogP contribution >= 0.6 is 0 Å². The minimum atomic E-state index is -0.831. The minimum Gasteiger partial charge on any atom is -0.481 e. The highest BCUT2D eigenvalue weighted by Gasteiger charge is 2.20. The smallest absolute Gasteiger partial charge is 0.303 e. The molecule has 0 saturated carbocycles. The van der Waals surface area contributed by atoms with E-state index in [0.717, 1.165) is 6.42 Å². The monoisotopic (exact) mass is 258 g/mol. The van der Waals surface area contributed by atoms with Crippen LogP contribution < -0.4 is 11.1 Å². The fourth-order valence-electron chi connectivity index (χ4n) is 1.82. The van der Waals surface area contributed by atoms with E-state index >= 15 is 0 Å². The van der Waals surface area contributed by atoms with E-state index < -0.39 is 12.0 Å². The molecule has 0 aromatic heterocycles. The molecule has 5 nitrogen and oxygen atoms in total. The van der Waals surface area contributed by atoms with Gasteiger partial charge < -0.3 is 16.2 Å². The van der Waals surface area contributed by atoms with Crippen molar-refractivity contribution >= 4 is 11.9 Å². The molecular formula is C13H26N2O3. The van der Waals surface area contributed by atoms with E-state index in [-0.39, 0.29) is 24.2 Å². The number of nitrogens with two attached hydrogens (primary N) is 1. The van der Waals surface area contributed by atoms with Crippen molar-refractivity contribution in [1.82, 2.24) is 5.32 Å². The predicted octanol–water partition coefficient (Wildman–Crippen LogP) is 1.22. The molecule has 5 heteroatoms. The molecule has 0 bridgehead atoms. The van der Waals surface area contributed by atoms with Gasteiger partial charge in [-0.25, -0.2) is 0 Å². The lowest BCUT2D eigenvalue weighted by atomic mass is 9.94. The zero-order chi connectivity index (χ0) is 14.3. The van der Waals surface area contributed by atoms with Crippen molar-refractivity contribution < 1.29 is 14.7 Å². The second kappa shape index (κ2) is 8.08. The zero-order valence-electron chi connectivity index (χ0n) is 11.8. The Morgan fingerprint density at radius 3 is 2.17 bits per heavy atom. The summed E-state index contributed by atoms with van der Waals surface area (Å²) < 4.78 is 0. The Balaban J connectivity index is 4.24. The largest absolute Gasteiger partial charge is 0.481 e. The van der Waals surface area contributed by atoms with E-state index in [1.807, 2.05) is 27.7 Å². The Bertz CT molecular complexity index is 277. The molecule has 2 atom stereocenters. The van der Waals surface area contributed by atoms with Crippen LogP contribution in [0.4, 0.5) is 0 Å².